The number of carbonyl (C=O) groups is 2. The molecule has 7 nitrogen and oxygen atoms in total. The van der Waals surface area contributed by atoms with Gasteiger partial charge in [-0.25, -0.2) is 14.5 Å². The van der Waals surface area contributed by atoms with Crippen LogP contribution in [0.25, 0.3) is 5.82 Å². The van der Waals surface area contributed by atoms with E-state index >= 15 is 0 Å². The lowest BCUT2D eigenvalue weighted by Crippen LogP contribution is -2.14. The van der Waals surface area contributed by atoms with Crippen molar-refractivity contribution in [3.63, 3.8) is 0 Å². The second-order valence-electron chi connectivity index (χ2n) is 5.66. The van der Waals surface area contributed by atoms with Crippen LogP contribution >= 0.6 is 11.6 Å². The van der Waals surface area contributed by atoms with E-state index in [2.05, 4.69) is 20.1 Å². The minimum Gasteiger partial charge on any atom is -0.464 e. The molecule has 0 aliphatic heterocycles. The van der Waals surface area contributed by atoms with E-state index in [9.17, 15) is 22.8 Å². The molecule has 0 aliphatic rings. The smallest absolute Gasteiger partial charge is 0.416 e. The largest absolute Gasteiger partial charge is 0.464 e. The van der Waals surface area contributed by atoms with Crippen LogP contribution in [0, 0.1) is 0 Å². The zero-order chi connectivity index (χ0) is 21.2. The lowest BCUT2D eigenvalue weighted by molar-refractivity contribution is -0.137. The van der Waals surface area contributed by atoms with E-state index < -0.39 is 23.6 Å². The molecule has 11 heteroatoms. The van der Waals surface area contributed by atoms with Gasteiger partial charge < -0.3 is 10.1 Å². The number of methoxy groups -OCH3 is 1. The first-order valence-electron chi connectivity index (χ1n) is 7.98. The first-order valence-corrected chi connectivity index (χ1v) is 8.36. The van der Waals surface area contributed by atoms with E-state index in [0.29, 0.717) is 0 Å². The Hall–Kier alpha value is -3.40. The second kappa shape index (κ2) is 7.92. The molecule has 0 atom stereocenters. The van der Waals surface area contributed by atoms with Crippen LogP contribution in [0.2, 0.25) is 5.02 Å². The molecule has 1 amide bonds. The number of esters is 1. The number of benzene rings is 1. The average molecular weight is 425 g/mol. The van der Waals surface area contributed by atoms with E-state index in [1.807, 2.05) is 0 Å². The molecule has 0 saturated carbocycles. The quantitative estimate of drug-likeness (QED) is 0.640. The number of ether oxygens (including phenoxy) is 1. The van der Waals surface area contributed by atoms with Crippen LogP contribution in [0.4, 0.5) is 18.9 Å². The maximum atomic E-state index is 12.6. The maximum absolute atomic E-state index is 12.6. The van der Waals surface area contributed by atoms with E-state index in [1.165, 1.54) is 12.3 Å². The van der Waals surface area contributed by atoms with Gasteiger partial charge in [-0.3, -0.25) is 4.79 Å². The van der Waals surface area contributed by atoms with Crippen LogP contribution in [0.5, 0.6) is 0 Å². The number of hydrogen-bond acceptors (Lipinski definition) is 5. The van der Waals surface area contributed by atoms with Gasteiger partial charge in [-0.15, -0.1) is 0 Å². The van der Waals surface area contributed by atoms with Gasteiger partial charge in [0.15, 0.2) is 17.2 Å². The summed E-state index contributed by atoms with van der Waals surface area (Å²) in [6.07, 6.45) is -3.06. The lowest BCUT2D eigenvalue weighted by atomic mass is 10.2. The third-order valence-corrected chi connectivity index (χ3v) is 4.04. The van der Waals surface area contributed by atoms with Crippen molar-refractivity contribution in [2.45, 2.75) is 6.18 Å². The molecule has 1 N–H and O–H groups in total. The van der Waals surface area contributed by atoms with Crippen LogP contribution in [-0.4, -0.2) is 33.8 Å². The standard InChI is InChI=1S/C18H12ClF3N4O3/c1-29-17(28)14-9-13(25-26(14)15-12(19)3-2-8-23-15)16(27)24-11-6-4-10(5-7-11)18(20,21)22/h2-9H,1H3,(H,24,27). The molecule has 1 aromatic carbocycles. The number of anilines is 1. The summed E-state index contributed by atoms with van der Waals surface area (Å²) >= 11 is 6.08. The Labute approximate surface area is 167 Å². The number of aromatic nitrogens is 3. The highest BCUT2D eigenvalue weighted by molar-refractivity contribution is 6.32. The normalized spacial score (nSPS) is 11.2. The van der Waals surface area contributed by atoms with Crippen LogP contribution < -0.4 is 5.32 Å². The molecule has 0 spiro atoms. The highest BCUT2D eigenvalue weighted by atomic mass is 35.5. The van der Waals surface area contributed by atoms with Gasteiger partial charge in [0.2, 0.25) is 0 Å². The number of rotatable bonds is 4. The topological polar surface area (TPSA) is 86.1 Å². The number of halogens is 4. The van der Waals surface area contributed by atoms with E-state index in [1.54, 1.807) is 6.07 Å². The van der Waals surface area contributed by atoms with Crippen LogP contribution in [0.1, 0.15) is 26.5 Å². The summed E-state index contributed by atoms with van der Waals surface area (Å²) in [5.74, 6) is -1.43. The third kappa shape index (κ3) is 4.37. The summed E-state index contributed by atoms with van der Waals surface area (Å²) in [7, 11) is 1.15. The minimum absolute atomic E-state index is 0.100. The number of pyridine rings is 1. The van der Waals surface area contributed by atoms with Gasteiger partial charge in [0, 0.05) is 18.0 Å². The average Bonchev–Trinajstić information content (AvgIpc) is 3.13. The zero-order valence-corrected chi connectivity index (χ0v) is 15.5. The van der Waals surface area contributed by atoms with E-state index in [0.717, 1.165) is 42.1 Å². The minimum atomic E-state index is -4.49. The highest BCUT2D eigenvalue weighted by Gasteiger charge is 2.30. The molecule has 29 heavy (non-hydrogen) atoms. The van der Waals surface area contributed by atoms with Crippen LogP contribution in [0.3, 0.4) is 0 Å². The molecular formula is C18H12ClF3N4O3. The van der Waals surface area contributed by atoms with Gasteiger partial charge in [0.25, 0.3) is 5.91 Å². The molecule has 0 bridgehead atoms. The molecule has 0 aliphatic carbocycles. The van der Waals surface area contributed by atoms with Crippen molar-refractivity contribution in [1.29, 1.82) is 0 Å². The van der Waals surface area contributed by atoms with Gasteiger partial charge in [0.05, 0.1) is 17.7 Å². The second-order valence-corrected chi connectivity index (χ2v) is 6.06. The number of carbonyl (C=O) groups excluding carboxylic acids is 2. The van der Waals surface area contributed by atoms with Crippen LogP contribution in [-0.2, 0) is 10.9 Å². The summed E-state index contributed by atoms with van der Waals surface area (Å²) in [5, 5.41) is 6.63. The summed E-state index contributed by atoms with van der Waals surface area (Å²) in [6.45, 7) is 0. The Morgan fingerprint density at radius 1 is 1.17 bits per heavy atom. The van der Waals surface area contributed by atoms with Crippen molar-refractivity contribution in [1.82, 2.24) is 14.8 Å². The molecule has 3 aromatic rings. The summed E-state index contributed by atoms with van der Waals surface area (Å²) in [6, 6.07) is 8.14. The van der Waals surface area contributed by atoms with Crippen molar-refractivity contribution >= 4 is 29.2 Å². The first-order chi connectivity index (χ1) is 13.7. The summed E-state index contributed by atoms with van der Waals surface area (Å²) < 4.78 is 43.6. The predicted molar refractivity (Wildman–Crippen MR) is 97.1 cm³/mol. The number of hydrogen-bond donors (Lipinski definition) is 1. The van der Waals surface area contributed by atoms with Gasteiger partial charge >= 0.3 is 12.1 Å². The van der Waals surface area contributed by atoms with Crippen molar-refractivity contribution in [3.8, 4) is 5.82 Å². The Bertz CT molecular complexity index is 1060. The van der Waals surface area contributed by atoms with Crippen molar-refractivity contribution in [2.75, 3.05) is 12.4 Å². The predicted octanol–water partition coefficient (Wildman–Crippen LogP) is 3.98. The van der Waals surface area contributed by atoms with E-state index in [-0.39, 0.29) is 27.9 Å². The number of nitrogens with one attached hydrogen (secondary N) is 1. The number of nitrogens with zero attached hydrogens (tertiary/aromatic N) is 3. The molecule has 2 aromatic heterocycles. The lowest BCUT2D eigenvalue weighted by Gasteiger charge is -2.08. The Kier molecular flexibility index (Phi) is 5.55. The molecule has 0 saturated heterocycles. The molecule has 3 rings (SSSR count). The molecule has 150 valence electrons. The van der Waals surface area contributed by atoms with Gasteiger partial charge in [0.1, 0.15) is 0 Å². The number of amides is 1. The molecular weight excluding hydrogens is 413 g/mol. The first kappa shape index (κ1) is 20.3. The maximum Gasteiger partial charge on any atom is 0.416 e. The highest BCUT2D eigenvalue weighted by Crippen LogP contribution is 2.30. The fourth-order valence-corrected chi connectivity index (χ4v) is 2.58. The Morgan fingerprint density at radius 3 is 2.45 bits per heavy atom. The number of alkyl halides is 3. The summed E-state index contributed by atoms with van der Waals surface area (Å²) in [5.41, 5.74) is -1.02. The van der Waals surface area contributed by atoms with Crippen molar-refractivity contribution < 1.29 is 27.5 Å². The molecule has 0 fully saturated rings. The van der Waals surface area contributed by atoms with E-state index in [4.69, 9.17) is 11.6 Å². The van der Waals surface area contributed by atoms with Gasteiger partial charge in [-0.1, -0.05) is 11.6 Å². The van der Waals surface area contributed by atoms with Gasteiger partial charge in [-0.2, -0.15) is 18.3 Å². The Balaban J connectivity index is 1.91. The molecule has 2 heterocycles. The van der Waals surface area contributed by atoms with Crippen LogP contribution in [0.15, 0.2) is 48.7 Å². The van der Waals surface area contributed by atoms with Crippen molar-refractivity contribution in [2.24, 2.45) is 0 Å². The monoisotopic (exact) mass is 424 g/mol. The summed E-state index contributed by atoms with van der Waals surface area (Å²) in [4.78, 5) is 28.6. The fourth-order valence-electron chi connectivity index (χ4n) is 2.37. The SMILES string of the molecule is COC(=O)c1cc(C(=O)Nc2ccc(C(F)(F)F)cc2)nn1-c1ncccc1Cl. The molecule has 0 unspecified atom stereocenters. The zero-order valence-electron chi connectivity index (χ0n) is 14.7. The Morgan fingerprint density at radius 2 is 1.86 bits per heavy atom. The fraction of sp³-hybridized carbons (Fsp3) is 0.111. The molecule has 0 radical (unpaired) electrons. The van der Waals surface area contributed by atoms with Crippen molar-refractivity contribution in [3.05, 3.63) is 70.6 Å². The van der Waals surface area contributed by atoms with Gasteiger partial charge in [-0.05, 0) is 36.4 Å². The third-order valence-electron chi connectivity index (χ3n) is 3.75.